The van der Waals surface area contributed by atoms with Crippen LogP contribution in [0.15, 0.2) is 24.5 Å². The second-order valence-electron chi connectivity index (χ2n) is 6.67. The molecule has 1 amide bonds. The zero-order valence-corrected chi connectivity index (χ0v) is 20.9. The van der Waals surface area contributed by atoms with Gasteiger partial charge in [-0.1, -0.05) is 47.0 Å². The molecule has 1 aromatic rings. The molecular weight excluding hydrogens is 412 g/mol. The lowest BCUT2D eigenvalue weighted by Gasteiger charge is -2.27. The molecule has 0 spiro atoms. The minimum Gasteiger partial charge on any atom is -0.407 e. The SMILES string of the molecule is CC.CC.CNC(C)C1CCCCC1.[NH3+]OOCCNC(=O)c1ccc[n+](COC=O)c1. The van der Waals surface area contributed by atoms with Gasteiger partial charge in [-0.25, -0.2) is 0 Å². The van der Waals surface area contributed by atoms with Crippen LogP contribution < -0.4 is 21.1 Å². The summed E-state index contributed by atoms with van der Waals surface area (Å²) < 4.78 is 6.14. The zero-order valence-electron chi connectivity index (χ0n) is 20.9. The molecule has 9 heteroatoms. The van der Waals surface area contributed by atoms with Crippen LogP contribution in [-0.4, -0.2) is 38.6 Å². The van der Waals surface area contributed by atoms with Crippen LogP contribution in [-0.2, 0) is 26.1 Å². The maximum absolute atomic E-state index is 11.7. The van der Waals surface area contributed by atoms with Crippen molar-refractivity contribution in [1.82, 2.24) is 10.6 Å². The van der Waals surface area contributed by atoms with Crippen LogP contribution >= 0.6 is 0 Å². The van der Waals surface area contributed by atoms with Crippen LogP contribution in [0.25, 0.3) is 0 Å². The number of aromatic nitrogens is 1. The molecule has 1 unspecified atom stereocenters. The number of ether oxygens (including phenoxy) is 1. The van der Waals surface area contributed by atoms with E-state index in [1.54, 1.807) is 29.1 Å². The highest BCUT2D eigenvalue weighted by atomic mass is 17.3. The van der Waals surface area contributed by atoms with Crippen LogP contribution in [0, 0.1) is 5.92 Å². The summed E-state index contributed by atoms with van der Waals surface area (Å²) in [5, 5.41) is 5.96. The van der Waals surface area contributed by atoms with Crippen LogP contribution in [0.3, 0.4) is 0 Å². The average molecular weight is 459 g/mol. The number of carbonyl (C=O) groups is 2. The predicted octanol–water partition coefficient (Wildman–Crippen LogP) is 2.17. The van der Waals surface area contributed by atoms with E-state index in [2.05, 4.69) is 45.1 Å². The molecule has 0 aromatic carbocycles. The zero-order chi connectivity index (χ0) is 24.6. The lowest BCUT2D eigenvalue weighted by Crippen LogP contribution is -2.49. The molecule has 1 saturated carbocycles. The fraction of sp³-hybridized carbons (Fsp3) is 0.696. The second-order valence-corrected chi connectivity index (χ2v) is 6.67. The maximum Gasteiger partial charge on any atom is 0.297 e. The van der Waals surface area contributed by atoms with Crippen LogP contribution in [0.1, 0.15) is 77.1 Å². The minimum absolute atomic E-state index is 0.0586. The minimum atomic E-state index is -0.261. The Morgan fingerprint density at radius 2 is 1.91 bits per heavy atom. The molecule has 5 N–H and O–H groups in total. The number of nitrogens with zero attached hydrogens (tertiary/aromatic N) is 1. The van der Waals surface area contributed by atoms with Crippen molar-refractivity contribution < 1.29 is 34.7 Å². The number of pyridine rings is 1. The van der Waals surface area contributed by atoms with Gasteiger partial charge in [-0.2, -0.15) is 15.4 Å². The van der Waals surface area contributed by atoms with Crippen molar-refractivity contribution in [3.8, 4) is 0 Å². The van der Waals surface area contributed by atoms with Gasteiger partial charge in [0, 0.05) is 18.7 Å². The number of quaternary nitrogens is 1. The predicted molar refractivity (Wildman–Crippen MR) is 124 cm³/mol. The Balaban J connectivity index is 0. The fourth-order valence-electron chi connectivity index (χ4n) is 3.09. The fourth-order valence-corrected chi connectivity index (χ4v) is 3.09. The summed E-state index contributed by atoms with van der Waals surface area (Å²) in [4.78, 5) is 30.4. The number of nitrogens with one attached hydrogen (secondary N) is 2. The molecule has 1 heterocycles. The normalized spacial score (nSPS) is 13.6. The van der Waals surface area contributed by atoms with Gasteiger partial charge in [0.25, 0.3) is 19.1 Å². The smallest absolute Gasteiger partial charge is 0.297 e. The maximum atomic E-state index is 11.7. The van der Waals surface area contributed by atoms with E-state index < -0.39 is 0 Å². The summed E-state index contributed by atoms with van der Waals surface area (Å²) in [6.07, 6.45) is 10.5. The highest BCUT2D eigenvalue weighted by Gasteiger charge is 2.17. The second kappa shape index (κ2) is 23.6. The summed E-state index contributed by atoms with van der Waals surface area (Å²) in [5.74, 6) is 3.72. The average Bonchev–Trinajstić information content (AvgIpc) is 2.88. The van der Waals surface area contributed by atoms with Gasteiger partial charge in [-0.15, -0.1) is 0 Å². The molecule has 1 fully saturated rings. The van der Waals surface area contributed by atoms with Crippen LogP contribution in [0.4, 0.5) is 0 Å². The first kappa shape index (κ1) is 32.1. The van der Waals surface area contributed by atoms with Gasteiger partial charge in [0.2, 0.25) is 0 Å². The molecule has 1 aliphatic carbocycles. The van der Waals surface area contributed by atoms with Crippen molar-refractivity contribution >= 4 is 12.4 Å². The third kappa shape index (κ3) is 15.7. The van der Waals surface area contributed by atoms with Gasteiger partial charge in [0.05, 0.1) is 0 Å². The van der Waals surface area contributed by atoms with E-state index in [1.165, 1.54) is 32.1 Å². The number of hydrogen-bond acceptors (Lipinski definition) is 6. The van der Waals surface area contributed by atoms with E-state index in [0.717, 1.165) is 12.0 Å². The van der Waals surface area contributed by atoms with Crippen molar-refractivity contribution in [2.24, 2.45) is 5.92 Å². The van der Waals surface area contributed by atoms with Crippen molar-refractivity contribution in [1.29, 1.82) is 0 Å². The van der Waals surface area contributed by atoms with E-state index >= 15 is 0 Å². The Kier molecular flexibility index (Phi) is 23.7. The molecule has 9 nitrogen and oxygen atoms in total. The molecule has 2 rings (SSSR count). The van der Waals surface area contributed by atoms with E-state index in [9.17, 15) is 9.59 Å². The van der Waals surface area contributed by atoms with Crippen molar-refractivity contribution in [3.63, 3.8) is 0 Å². The van der Waals surface area contributed by atoms with E-state index in [4.69, 9.17) is 0 Å². The van der Waals surface area contributed by atoms with Gasteiger partial charge < -0.3 is 15.4 Å². The number of amides is 1. The topological polar surface area (TPSA) is 117 Å². The van der Waals surface area contributed by atoms with E-state index in [0.29, 0.717) is 18.6 Å². The first-order chi connectivity index (χ1) is 15.6. The standard InChI is InChI=1S/C10H14N3O5.C9H19N.2C2H6/c11-18-17-5-3-12-10(15)9-2-1-4-13(6-9)7-16-8-14;1-8(10-2)9-6-4-3-5-7-9;2*1-2/h1-2,4,6,8H,3,5,7H2,11H3;8-10H,3-7H2,1-2H3;2*1-2H3/q+1;;;/p+1. The molecule has 0 radical (unpaired) electrons. The summed E-state index contributed by atoms with van der Waals surface area (Å²) in [5.41, 5.74) is 0.447. The summed E-state index contributed by atoms with van der Waals surface area (Å²) >= 11 is 0. The van der Waals surface area contributed by atoms with E-state index in [-0.39, 0.29) is 19.2 Å². The molecule has 1 atom stereocenters. The molecule has 1 aliphatic rings. The monoisotopic (exact) mass is 458 g/mol. The number of carbonyl (C=O) groups excluding carboxylic acids is 2. The Morgan fingerprint density at radius 1 is 1.25 bits per heavy atom. The van der Waals surface area contributed by atoms with Crippen molar-refractivity contribution in [2.45, 2.75) is 79.5 Å². The highest BCUT2D eigenvalue weighted by molar-refractivity contribution is 5.93. The first-order valence-electron chi connectivity index (χ1n) is 11.7. The summed E-state index contributed by atoms with van der Waals surface area (Å²) in [7, 11) is 2.07. The lowest BCUT2D eigenvalue weighted by molar-refractivity contribution is -0.799. The first-order valence-corrected chi connectivity index (χ1v) is 11.7. The summed E-state index contributed by atoms with van der Waals surface area (Å²) in [6, 6.07) is 4.06. The van der Waals surface area contributed by atoms with Crippen LogP contribution in [0.5, 0.6) is 0 Å². The van der Waals surface area contributed by atoms with Crippen molar-refractivity contribution in [3.05, 3.63) is 30.1 Å². The largest absolute Gasteiger partial charge is 0.407 e. The molecule has 0 aliphatic heterocycles. The highest BCUT2D eigenvalue weighted by Crippen LogP contribution is 2.25. The number of hydrogen-bond donors (Lipinski definition) is 3. The third-order valence-electron chi connectivity index (χ3n) is 4.78. The molecule has 0 bridgehead atoms. The van der Waals surface area contributed by atoms with Gasteiger partial charge in [-0.3, -0.25) is 9.59 Å². The van der Waals surface area contributed by atoms with Gasteiger partial charge in [-0.05, 0) is 43.8 Å². The Morgan fingerprint density at radius 3 is 2.47 bits per heavy atom. The van der Waals surface area contributed by atoms with Crippen LogP contribution in [0.2, 0.25) is 0 Å². The Labute approximate surface area is 193 Å². The van der Waals surface area contributed by atoms with Gasteiger partial charge >= 0.3 is 0 Å². The quantitative estimate of drug-likeness (QED) is 0.163. The third-order valence-corrected chi connectivity index (χ3v) is 4.78. The van der Waals surface area contributed by atoms with Crippen molar-refractivity contribution in [2.75, 3.05) is 20.2 Å². The molecule has 0 saturated heterocycles. The summed E-state index contributed by atoms with van der Waals surface area (Å²) in [6.45, 7) is 11.2. The number of rotatable bonds is 10. The molecule has 186 valence electrons. The Bertz CT molecular complexity index is 569. The molecule has 32 heavy (non-hydrogen) atoms. The molecule has 1 aromatic heterocycles. The Hall–Kier alpha value is -2.07. The van der Waals surface area contributed by atoms with E-state index in [1.807, 2.05) is 27.7 Å². The lowest BCUT2D eigenvalue weighted by atomic mass is 9.85. The van der Waals surface area contributed by atoms with Gasteiger partial charge in [0.1, 0.15) is 12.2 Å². The van der Waals surface area contributed by atoms with Gasteiger partial charge in [0.15, 0.2) is 12.4 Å². The molecular formula is C23H46N4O5+2.